The number of halogens is 2. The highest BCUT2D eigenvalue weighted by Crippen LogP contribution is 2.40. The van der Waals surface area contributed by atoms with Gasteiger partial charge in [0.05, 0.1) is 0 Å². The first-order chi connectivity index (χ1) is 9.99. The molecule has 1 aromatic rings. The molecule has 1 aliphatic carbocycles. The topological polar surface area (TPSA) is 64.3 Å². The lowest BCUT2D eigenvalue weighted by atomic mass is 9.93. The fraction of sp³-hybridized carbons (Fsp3) is 0.533. The molecular formula is C15H20F2N2O2. The maximum absolute atomic E-state index is 13.2. The third-order valence-electron chi connectivity index (χ3n) is 3.76. The Morgan fingerprint density at radius 1 is 1.43 bits per heavy atom. The first-order valence-corrected chi connectivity index (χ1v) is 7.12. The number of rotatable bonds is 8. The van der Waals surface area contributed by atoms with Crippen LogP contribution >= 0.6 is 0 Å². The molecule has 3 N–H and O–H groups in total. The zero-order valence-electron chi connectivity index (χ0n) is 12.0. The van der Waals surface area contributed by atoms with Crippen LogP contribution in [0, 0.1) is 17.6 Å². The number of benzene rings is 1. The van der Waals surface area contributed by atoms with E-state index in [-0.39, 0.29) is 18.3 Å². The zero-order valence-corrected chi connectivity index (χ0v) is 12.0. The van der Waals surface area contributed by atoms with E-state index in [1.807, 2.05) is 6.92 Å². The van der Waals surface area contributed by atoms with Crippen LogP contribution in [0.1, 0.15) is 26.2 Å². The summed E-state index contributed by atoms with van der Waals surface area (Å²) in [7, 11) is 0. The Morgan fingerprint density at radius 3 is 2.67 bits per heavy atom. The van der Waals surface area contributed by atoms with E-state index >= 15 is 0 Å². The summed E-state index contributed by atoms with van der Waals surface area (Å²) < 4.78 is 31.6. The minimum absolute atomic E-state index is 0.0120. The molecule has 1 amide bonds. The fourth-order valence-corrected chi connectivity index (χ4v) is 2.36. The van der Waals surface area contributed by atoms with Gasteiger partial charge in [-0.3, -0.25) is 4.79 Å². The van der Waals surface area contributed by atoms with Gasteiger partial charge in [-0.25, -0.2) is 8.78 Å². The van der Waals surface area contributed by atoms with E-state index in [4.69, 9.17) is 10.5 Å². The Kier molecular flexibility index (Phi) is 4.77. The molecule has 1 aliphatic rings. The van der Waals surface area contributed by atoms with Crippen LogP contribution in [-0.4, -0.2) is 24.6 Å². The van der Waals surface area contributed by atoms with E-state index in [1.165, 1.54) is 6.07 Å². The van der Waals surface area contributed by atoms with Crippen molar-refractivity contribution >= 4 is 5.91 Å². The van der Waals surface area contributed by atoms with Gasteiger partial charge < -0.3 is 15.8 Å². The van der Waals surface area contributed by atoms with Crippen molar-refractivity contribution in [3.8, 4) is 5.75 Å². The minimum atomic E-state index is -0.981. The summed E-state index contributed by atoms with van der Waals surface area (Å²) in [5.74, 6) is -2.08. The molecule has 21 heavy (non-hydrogen) atoms. The smallest absolute Gasteiger partial charge is 0.241 e. The van der Waals surface area contributed by atoms with E-state index in [1.54, 1.807) is 0 Å². The average molecular weight is 298 g/mol. The van der Waals surface area contributed by atoms with Gasteiger partial charge in [0, 0.05) is 6.07 Å². The molecule has 0 radical (unpaired) electrons. The van der Waals surface area contributed by atoms with Crippen LogP contribution in [-0.2, 0) is 4.79 Å². The van der Waals surface area contributed by atoms with Crippen molar-refractivity contribution in [2.75, 3.05) is 13.2 Å². The molecule has 2 rings (SSSR count). The molecule has 6 heteroatoms. The van der Waals surface area contributed by atoms with E-state index < -0.39 is 23.1 Å². The van der Waals surface area contributed by atoms with Crippen LogP contribution in [0.5, 0.6) is 5.75 Å². The van der Waals surface area contributed by atoms with Crippen LogP contribution in [0.3, 0.4) is 0 Å². The highest BCUT2D eigenvalue weighted by Gasteiger charge is 2.50. The van der Waals surface area contributed by atoms with Gasteiger partial charge in [-0.1, -0.05) is 6.92 Å². The molecule has 0 aromatic heterocycles. The molecule has 4 nitrogen and oxygen atoms in total. The number of nitrogens with one attached hydrogen (secondary N) is 1. The van der Waals surface area contributed by atoms with Crippen LogP contribution in [0.25, 0.3) is 0 Å². The number of carbonyl (C=O) groups excluding carboxylic acids is 1. The Balaban J connectivity index is 2.10. The third-order valence-corrected chi connectivity index (χ3v) is 3.76. The van der Waals surface area contributed by atoms with Gasteiger partial charge in [-0.15, -0.1) is 0 Å². The summed E-state index contributed by atoms with van der Waals surface area (Å²) in [6, 6.07) is 3.29. The van der Waals surface area contributed by atoms with Crippen molar-refractivity contribution < 1.29 is 18.3 Å². The predicted molar refractivity (Wildman–Crippen MR) is 74.8 cm³/mol. The largest absolute Gasteiger partial charge is 0.491 e. The number of nitrogens with two attached hydrogens (primary N) is 1. The standard InChI is InChI=1S/C15H20F2N2O2/c1-2-7-19-15(14(18)20,10-3-4-10)9-21-11-5-6-12(16)13(17)8-11/h5-6,8,10,19H,2-4,7,9H2,1H3,(H2,18,20). The summed E-state index contributed by atoms with van der Waals surface area (Å²) in [6.45, 7) is 2.64. The molecule has 0 aliphatic heterocycles. The molecule has 1 saturated carbocycles. The van der Waals surface area contributed by atoms with Crippen molar-refractivity contribution in [1.82, 2.24) is 5.32 Å². The van der Waals surface area contributed by atoms with Crippen molar-refractivity contribution in [2.24, 2.45) is 11.7 Å². The van der Waals surface area contributed by atoms with Crippen molar-refractivity contribution in [3.05, 3.63) is 29.8 Å². The van der Waals surface area contributed by atoms with Crippen molar-refractivity contribution in [3.63, 3.8) is 0 Å². The van der Waals surface area contributed by atoms with Crippen molar-refractivity contribution in [2.45, 2.75) is 31.7 Å². The average Bonchev–Trinajstić information content (AvgIpc) is 3.27. The van der Waals surface area contributed by atoms with Gasteiger partial charge >= 0.3 is 0 Å². The second-order valence-electron chi connectivity index (χ2n) is 5.40. The number of carbonyl (C=O) groups is 1. The van der Waals surface area contributed by atoms with Gasteiger partial charge in [-0.2, -0.15) is 0 Å². The quantitative estimate of drug-likeness (QED) is 0.771. The first kappa shape index (κ1) is 15.7. The molecule has 116 valence electrons. The normalized spacial score (nSPS) is 17.3. The molecule has 1 fully saturated rings. The van der Waals surface area contributed by atoms with Crippen LogP contribution in [0.4, 0.5) is 8.78 Å². The molecule has 1 unspecified atom stereocenters. The lowest BCUT2D eigenvalue weighted by Gasteiger charge is -2.31. The summed E-state index contributed by atoms with van der Waals surface area (Å²) in [6.07, 6.45) is 2.66. The number of hydrogen-bond acceptors (Lipinski definition) is 3. The number of ether oxygens (including phenoxy) is 1. The number of hydrogen-bond donors (Lipinski definition) is 2. The van der Waals surface area contributed by atoms with Crippen LogP contribution in [0.15, 0.2) is 18.2 Å². The second kappa shape index (κ2) is 6.39. The Hall–Kier alpha value is -1.69. The van der Waals surface area contributed by atoms with E-state index in [2.05, 4.69) is 5.32 Å². The maximum Gasteiger partial charge on any atom is 0.241 e. The Labute approximate surface area is 122 Å². The van der Waals surface area contributed by atoms with Gasteiger partial charge in [0.25, 0.3) is 0 Å². The lowest BCUT2D eigenvalue weighted by molar-refractivity contribution is -0.126. The Bertz CT molecular complexity index is 520. The predicted octanol–water partition coefficient (Wildman–Crippen LogP) is 1.98. The minimum Gasteiger partial charge on any atom is -0.491 e. The van der Waals surface area contributed by atoms with Gasteiger partial charge in [0.15, 0.2) is 11.6 Å². The highest BCUT2D eigenvalue weighted by atomic mass is 19.2. The first-order valence-electron chi connectivity index (χ1n) is 7.12. The fourth-order valence-electron chi connectivity index (χ4n) is 2.36. The molecule has 0 heterocycles. The van der Waals surface area contributed by atoms with E-state index in [0.29, 0.717) is 6.54 Å². The number of amides is 1. The molecular weight excluding hydrogens is 278 g/mol. The highest BCUT2D eigenvalue weighted by molar-refractivity contribution is 5.85. The number of primary amides is 1. The summed E-state index contributed by atoms with van der Waals surface area (Å²) in [4.78, 5) is 11.9. The van der Waals surface area contributed by atoms with Gasteiger partial charge in [-0.05, 0) is 43.9 Å². The lowest BCUT2D eigenvalue weighted by Crippen LogP contribution is -2.61. The molecule has 0 saturated heterocycles. The van der Waals surface area contributed by atoms with Gasteiger partial charge in [0.2, 0.25) is 5.91 Å². The van der Waals surface area contributed by atoms with Crippen LogP contribution in [0.2, 0.25) is 0 Å². The SMILES string of the molecule is CCCNC(COc1ccc(F)c(F)c1)(C(N)=O)C1CC1. The van der Waals surface area contributed by atoms with Crippen molar-refractivity contribution in [1.29, 1.82) is 0 Å². The van der Waals surface area contributed by atoms with E-state index in [9.17, 15) is 13.6 Å². The maximum atomic E-state index is 13.2. The molecule has 1 aromatic carbocycles. The second-order valence-corrected chi connectivity index (χ2v) is 5.40. The van der Waals surface area contributed by atoms with E-state index in [0.717, 1.165) is 31.4 Å². The monoisotopic (exact) mass is 298 g/mol. The molecule has 0 bridgehead atoms. The van der Waals surface area contributed by atoms with Crippen LogP contribution < -0.4 is 15.8 Å². The third kappa shape index (κ3) is 3.50. The summed E-state index contributed by atoms with van der Waals surface area (Å²) in [5.41, 5.74) is 4.61. The Morgan fingerprint density at radius 2 is 2.14 bits per heavy atom. The zero-order chi connectivity index (χ0) is 15.5. The van der Waals surface area contributed by atoms with Gasteiger partial charge in [0.1, 0.15) is 17.9 Å². The summed E-state index contributed by atoms with van der Waals surface area (Å²) >= 11 is 0. The molecule has 1 atom stereocenters. The molecule has 0 spiro atoms. The summed E-state index contributed by atoms with van der Waals surface area (Å²) in [5, 5.41) is 3.17.